The quantitative estimate of drug-likeness (QED) is 0.862. The molecule has 0 radical (unpaired) electrons. The maximum Gasteiger partial charge on any atom is 0.150 e. The molecular formula is C14H23NO2S. The van der Waals surface area contributed by atoms with Gasteiger partial charge in [-0.3, -0.25) is 0 Å². The molecule has 0 aromatic heterocycles. The molecule has 0 aliphatic rings. The van der Waals surface area contributed by atoms with Gasteiger partial charge >= 0.3 is 0 Å². The smallest absolute Gasteiger partial charge is 0.150 e. The highest BCUT2D eigenvalue weighted by atomic mass is 32.2. The van der Waals surface area contributed by atoms with Crippen molar-refractivity contribution in [3.05, 3.63) is 35.4 Å². The number of aryl methyl sites for hydroxylation is 1. The van der Waals surface area contributed by atoms with Crippen LogP contribution in [-0.2, 0) is 15.4 Å². The predicted octanol–water partition coefficient (Wildman–Crippen LogP) is 2.38. The Morgan fingerprint density at radius 2 is 1.78 bits per heavy atom. The molecule has 1 rings (SSSR count). The molecule has 3 nitrogen and oxygen atoms in total. The van der Waals surface area contributed by atoms with Gasteiger partial charge in [-0.15, -0.1) is 0 Å². The molecule has 0 saturated heterocycles. The molecule has 0 aliphatic carbocycles. The fourth-order valence-corrected chi connectivity index (χ4v) is 2.76. The van der Waals surface area contributed by atoms with E-state index in [4.69, 9.17) is 5.73 Å². The molecule has 1 atom stereocenters. The Balaban J connectivity index is 2.62. The normalized spacial score (nSPS) is 15.3. The van der Waals surface area contributed by atoms with Gasteiger partial charge in [0.25, 0.3) is 0 Å². The van der Waals surface area contributed by atoms with Gasteiger partial charge in [0.15, 0.2) is 0 Å². The third-order valence-electron chi connectivity index (χ3n) is 3.30. The molecule has 1 aromatic rings. The van der Waals surface area contributed by atoms with E-state index in [1.165, 1.54) is 5.56 Å². The van der Waals surface area contributed by atoms with Crippen molar-refractivity contribution in [2.24, 2.45) is 5.73 Å². The van der Waals surface area contributed by atoms with E-state index >= 15 is 0 Å². The van der Waals surface area contributed by atoms with Crippen LogP contribution >= 0.6 is 0 Å². The van der Waals surface area contributed by atoms with Crippen molar-refractivity contribution in [3.63, 3.8) is 0 Å². The summed E-state index contributed by atoms with van der Waals surface area (Å²) in [5.74, 6) is 0.432. The lowest BCUT2D eigenvalue weighted by atomic mass is 9.88. The van der Waals surface area contributed by atoms with Crippen LogP contribution in [0.15, 0.2) is 24.3 Å². The Morgan fingerprint density at radius 1 is 1.22 bits per heavy atom. The Hall–Kier alpha value is -0.870. The zero-order valence-corrected chi connectivity index (χ0v) is 12.3. The number of benzene rings is 1. The van der Waals surface area contributed by atoms with E-state index in [2.05, 4.69) is 0 Å². The van der Waals surface area contributed by atoms with E-state index in [0.29, 0.717) is 12.8 Å². The van der Waals surface area contributed by atoms with Crippen LogP contribution in [0.4, 0.5) is 0 Å². The van der Waals surface area contributed by atoms with Crippen molar-refractivity contribution in [2.75, 3.05) is 11.5 Å². The number of hydrogen-bond acceptors (Lipinski definition) is 3. The fourth-order valence-electron chi connectivity index (χ4n) is 1.88. The Labute approximate surface area is 110 Å². The van der Waals surface area contributed by atoms with Crippen LogP contribution in [0.5, 0.6) is 0 Å². The number of rotatable bonds is 6. The van der Waals surface area contributed by atoms with Gasteiger partial charge in [-0.05, 0) is 32.3 Å². The van der Waals surface area contributed by atoms with Gasteiger partial charge in [0.2, 0.25) is 0 Å². The molecule has 0 amide bonds. The summed E-state index contributed by atoms with van der Waals surface area (Å²) in [7, 11) is -2.89. The molecule has 0 heterocycles. The second-order valence-corrected chi connectivity index (χ2v) is 7.60. The highest BCUT2D eigenvalue weighted by Crippen LogP contribution is 2.23. The first kappa shape index (κ1) is 15.2. The lowest BCUT2D eigenvalue weighted by Gasteiger charge is -2.25. The highest BCUT2D eigenvalue weighted by molar-refractivity contribution is 7.91. The topological polar surface area (TPSA) is 60.2 Å². The lowest BCUT2D eigenvalue weighted by molar-refractivity contribution is 0.446. The minimum absolute atomic E-state index is 0.207. The van der Waals surface area contributed by atoms with E-state index < -0.39 is 15.4 Å². The SMILES string of the molecule is CCS(=O)(=O)CCCC(C)(N)c1ccc(C)cc1. The summed E-state index contributed by atoms with van der Waals surface area (Å²) in [6, 6.07) is 8.10. The summed E-state index contributed by atoms with van der Waals surface area (Å²) in [5.41, 5.74) is 8.06. The molecule has 0 bridgehead atoms. The van der Waals surface area contributed by atoms with Crippen LogP contribution in [0.1, 0.15) is 37.8 Å². The van der Waals surface area contributed by atoms with E-state index in [-0.39, 0.29) is 11.5 Å². The summed E-state index contributed by atoms with van der Waals surface area (Å²) < 4.78 is 22.9. The monoisotopic (exact) mass is 269 g/mol. The fraction of sp³-hybridized carbons (Fsp3) is 0.571. The Kier molecular flexibility index (Phi) is 4.93. The molecule has 18 heavy (non-hydrogen) atoms. The first-order valence-corrected chi connectivity index (χ1v) is 8.15. The van der Waals surface area contributed by atoms with E-state index in [1.54, 1.807) is 6.92 Å². The molecule has 4 heteroatoms. The maximum absolute atomic E-state index is 11.4. The van der Waals surface area contributed by atoms with Gasteiger partial charge in [0.1, 0.15) is 9.84 Å². The number of sulfone groups is 1. The molecule has 0 spiro atoms. The molecule has 1 aromatic carbocycles. The summed E-state index contributed by atoms with van der Waals surface area (Å²) in [6.07, 6.45) is 1.28. The van der Waals surface area contributed by atoms with Gasteiger partial charge in [0, 0.05) is 11.3 Å². The second kappa shape index (κ2) is 5.85. The molecular weight excluding hydrogens is 246 g/mol. The van der Waals surface area contributed by atoms with Crippen molar-refractivity contribution < 1.29 is 8.42 Å². The average Bonchev–Trinajstić information content (AvgIpc) is 2.29. The van der Waals surface area contributed by atoms with Crippen LogP contribution in [-0.4, -0.2) is 19.9 Å². The average molecular weight is 269 g/mol. The summed E-state index contributed by atoms with van der Waals surface area (Å²) in [6.45, 7) is 5.67. The highest BCUT2D eigenvalue weighted by Gasteiger charge is 2.21. The zero-order valence-electron chi connectivity index (χ0n) is 11.4. The zero-order chi connectivity index (χ0) is 13.8. The lowest BCUT2D eigenvalue weighted by Crippen LogP contribution is -2.33. The second-order valence-electron chi connectivity index (χ2n) is 5.12. The van der Waals surface area contributed by atoms with E-state index in [1.807, 2.05) is 38.1 Å². The molecule has 0 fully saturated rings. The molecule has 0 saturated carbocycles. The first-order valence-electron chi connectivity index (χ1n) is 6.33. The minimum atomic E-state index is -2.89. The molecule has 1 unspecified atom stereocenters. The van der Waals surface area contributed by atoms with Gasteiger partial charge in [0.05, 0.1) is 5.75 Å². The molecule has 2 N–H and O–H groups in total. The van der Waals surface area contributed by atoms with Crippen molar-refractivity contribution in [2.45, 2.75) is 39.2 Å². The largest absolute Gasteiger partial charge is 0.322 e. The molecule has 102 valence electrons. The van der Waals surface area contributed by atoms with Gasteiger partial charge in [-0.1, -0.05) is 36.8 Å². The number of nitrogens with two attached hydrogens (primary N) is 1. The predicted molar refractivity (Wildman–Crippen MR) is 76.3 cm³/mol. The van der Waals surface area contributed by atoms with Crippen molar-refractivity contribution in [3.8, 4) is 0 Å². The summed E-state index contributed by atoms with van der Waals surface area (Å²) in [5, 5.41) is 0. The minimum Gasteiger partial charge on any atom is -0.322 e. The van der Waals surface area contributed by atoms with Crippen molar-refractivity contribution >= 4 is 9.84 Å². The standard InChI is InChI=1S/C14H23NO2S/c1-4-18(16,17)11-5-10-14(3,15)13-8-6-12(2)7-9-13/h6-9H,4-5,10-11,15H2,1-3H3. The van der Waals surface area contributed by atoms with Crippen LogP contribution in [0.25, 0.3) is 0 Å². The third kappa shape index (κ3) is 4.42. The van der Waals surface area contributed by atoms with E-state index in [9.17, 15) is 8.42 Å². The number of hydrogen-bond donors (Lipinski definition) is 1. The van der Waals surface area contributed by atoms with Crippen LogP contribution < -0.4 is 5.73 Å². The third-order valence-corrected chi connectivity index (χ3v) is 5.09. The van der Waals surface area contributed by atoms with Crippen LogP contribution in [0.3, 0.4) is 0 Å². The van der Waals surface area contributed by atoms with Gasteiger partial charge < -0.3 is 5.73 Å². The summed E-state index contributed by atoms with van der Waals surface area (Å²) >= 11 is 0. The van der Waals surface area contributed by atoms with Crippen molar-refractivity contribution in [1.29, 1.82) is 0 Å². The van der Waals surface area contributed by atoms with Crippen LogP contribution in [0, 0.1) is 6.92 Å². The van der Waals surface area contributed by atoms with E-state index in [0.717, 1.165) is 5.56 Å². The maximum atomic E-state index is 11.4. The Bertz CT molecular complexity index is 475. The van der Waals surface area contributed by atoms with Gasteiger partial charge in [-0.25, -0.2) is 8.42 Å². The summed E-state index contributed by atoms with van der Waals surface area (Å²) in [4.78, 5) is 0. The van der Waals surface area contributed by atoms with Crippen molar-refractivity contribution in [1.82, 2.24) is 0 Å². The van der Waals surface area contributed by atoms with Gasteiger partial charge in [-0.2, -0.15) is 0 Å². The first-order chi connectivity index (χ1) is 8.27. The molecule has 0 aliphatic heterocycles. The Morgan fingerprint density at radius 3 is 2.28 bits per heavy atom. The van der Waals surface area contributed by atoms with Crippen LogP contribution in [0.2, 0.25) is 0 Å².